The Hall–Kier alpha value is -2.94. The number of para-hydroxylation sites is 2. The fourth-order valence-corrected chi connectivity index (χ4v) is 4.86. The highest BCUT2D eigenvalue weighted by Gasteiger charge is 2.19. The molecule has 0 aliphatic heterocycles. The number of pyridine rings is 2. The molecule has 0 fully saturated rings. The van der Waals surface area contributed by atoms with Crippen LogP contribution in [0, 0.1) is 18.8 Å². The highest BCUT2D eigenvalue weighted by molar-refractivity contribution is 6.14. The molecular weight excluding hydrogens is 366 g/mol. The number of aromatic nitrogens is 3. The first-order valence-electron chi connectivity index (χ1n) is 11.0. The van der Waals surface area contributed by atoms with Crippen molar-refractivity contribution < 1.29 is 0 Å². The number of hydrogen-bond donors (Lipinski definition) is 0. The quantitative estimate of drug-likeness (QED) is 0.310. The minimum absolute atomic E-state index is 0.581. The lowest BCUT2D eigenvalue weighted by Gasteiger charge is -2.17. The number of hydrogen-bond acceptors (Lipinski definition) is 2. The van der Waals surface area contributed by atoms with Gasteiger partial charge in [-0.05, 0) is 72.6 Å². The van der Waals surface area contributed by atoms with E-state index in [2.05, 4.69) is 81.5 Å². The van der Waals surface area contributed by atoms with Crippen molar-refractivity contribution in [3.8, 4) is 0 Å². The van der Waals surface area contributed by atoms with Gasteiger partial charge < -0.3 is 0 Å². The van der Waals surface area contributed by atoms with Gasteiger partial charge in [0.05, 0.1) is 22.1 Å². The molecule has 3 aromatic heterocycles. The summed E-state index contributed by atoms with van der Waals surface area (Å²) in [4.78, 5) is 9.95. The first-order valence-corrected chi connectivity index (χ1v) is 11.0. The molecule has 0 aliphatic carbocycles. The summed E-state index contributed by atoms with van der Waals surface area (Å²) >= 11 is 0. The van der Waals surface area contributed by atoms with Crippen LogP contribution >= 0.6 is 0 Å². The maximum atomic E-state index is 5.06. The summed E-state index contributed by atoms with van der Waals surface area (Å²) in [6, 6.07) is 15.4. The van der Waals surface area contributed by atoms with Gasteiger partial charge in [-0.25, -0.2) is 4.98 Å². The summed E-state index contributed by atoms with van der Waals surface area (Å²) in [5, 5.41) is 2.45. The fourth-order valence-electron chi connectivity index (χ4n) is 4.86. The molecular formula is C27H29N3. The SMILES string of the molecule is Cc1ccnc2c3c(CC(C)C)cc(CC(C)C)cc3n3c4ccccc4nc3c12. The summed E-state index contributed by atoms with van der Waals surface area (Å²) in [5.41, 5.74) is 9.57. The second kappa shape index (κ2) is 7.09. The van der Waals surface area contributed by atoms with Gasteiger partial charge >= 0.3 is 0 Å². The van der Waals surface area contributed by atoms with Crippen molar-refractivity contribution in [2.75, 3.05) is 0 Å². The predicted octanol–water partition coefficient (Wildman–Crippen LogP) is 6.89. The van der Waals surface area contributed by atoms with Crippen molar-refractivity contribution in [2.24, 2.45) is 11.8 Å². The van der Waals surface area contributed by atoms with E-state index in [1.807, 2.05) is 6.20 Å². The standard InChI is InChI=1S/C27H29N3/c1-16(2)12-19-14-20(13-17(3)4)25-23(15-19)30-22-9-7-6-8-21(22)29-27(30)24-18(5)10-11-28-26(24)25/h6-11,14-17H,12-13H2,1-5H3. The van der Waals surface area contributed by atoms with E-state index in [0.717, 1.165) is 29.5 Å². The van der Waals surface area contributed by atoms with Crippen molar-refractivity contribution in [1.29, 1.82) is 0 Å². The molecule has 0 saturated carbocycles. The van der Waals surface area contributed by atoms with Crippen molar-refractivity contribution >= 4 is 38.5 Å². The van der Waals surface area contributed by atoms with E-state index in [1.165, 1.54) is 38.5 Å². The first-order chi connectivity index (χ1) is 14.4. The van der Waals surface area contributed by atoms with Crippen LogP contribution in [0.1, 0.15) is 44.4 Å². The highest BCUT2D eigenvalue weighted by atomic mass is 15.0. The zero-order valence-corrected chi connectivity index (χ0v) is 18.5. The van der Waals surface area contributed by atoms with Crippen LogP contribution in [0.3, 0.4) is 0 Å². The third-order valence-electron chi connectivity index (χ3n) is 5.95. The van der Waals surface area contributed by atoms with Crippen LogP contribution in [0.15, 0.2) is 48.7 Å². The second-order valence-corrected chi connectivity index (χ2v) is 9.46. The average Bonchev–Trinajstić information content (AvgIpc) is 3.06. The van der Waals surface area contributed by atoms with E-state index >= 15 is 0 Å². The smallest absolute Gasteiger partial charge is 0.148 e. The lowest BCUT2D eigenvalue weighted by molar-refractivity contribution is 0.638. The number of imidazole rings is 1. The number of rotatable bonds is 4. The molecule has 152 valence electrons. The van der Waals surface area contributed by atoms with E-state index in [4.69, 9.17) is 9.97 Å². The van der Waals surface area contributed by atoms with Gasteiger partial charge in [0.15, 0.2) is 0 Å². The van der Waals surface area contributed by atoms with E-state index in [9.17, 15) is 0 Å². The summed E-state index contributed by atoms with van der Waals surface area (Å²) < 4.78 is 2.37. The molecule has 5 aromatic rings. The zero-order valence-electron chi connectivity index (χ0n) is 18.5. The van der Waals surface area contributed by atoms with Gasteiger partial charge in [-0.1, -0.05) is 45.9 Å². The Bertz CT molecular complexity index is 1410. The topological polar surface area (TPSA) is 30.2 Å². The van der Waals surface area contributed by atoms with Gasteiger partial charge in [0.25, 0.3) is 0 Å². The Balaban J connectivity index is 2.06. The molecule has 3 nitrogen and oxygen atoms in total. The average molecular weight is 396 g/mol. The number of aryl methyl sites for hydroxylation is 1. The van der Waals surface area contributed by atoms with Gasteiger partial charge in [-0.15, -0.1) is 0 Å². The van der Waals surface area contributed by atoms with Gasteiger partial charge in [-0.3, -0.25) is 9.38 Å². The fraction of sp³-hybridized carbons (Fsp3) is 0.333. The number of benzene rings is 2. The summed E-state index contributed by atoms with van der Waals surface area (Å²) in [5.74, 6) is 1.20. The molecule has 3 heteroatoms. The monoisotopic (exact) mass is 395 g/mol. The van der Waals surface area contributed by atoms with Gasteiger partial charge in [-0.2, -0.15) is 0 Å². The maximum absolute atomic E-state index is 5.06. The van der Waals surface area contributed by atoms with Crippen molar-refractivity contribution in [1.82, 2.24) is 14.4 Å². The Morgan fingerprint density at radius 2 is 1.63 bits per heavy atom. The largest absolute Gasteiger partial charge is 0.292 e. The lowest BCUT2D eigenvalue weighted by Crippen LogP contribution is -2.04. The Morgan fingerprint density at radius 3 is 2.40 bits per heavy atom. The van der Waals surface area contributed by atoms with Crippen molar-refractivity contribution in [3.63, 3.8) is 0 Å². The third kappa shape index (κ3) is 2.96. The molecule has 0 bridgehead atoms. The van der Waals surface area contributed by atoms with Crippen LogP contribution < -0.4 is 0 Å². The summed E-state index contributed by atoms with van der Waals surface area (Å²) in [6.45, 7) is 11.4. The molecule has 0 amide bonds. The molecule has 0 aliphatic rings. The molecule has 5 rings (SSSR count). The van der Waals surface area contributed by atoms with Crippen LogP contribution in [-0.2, 0) is 12.8 Å². The Labute approximate surface area is 177 Å². The van der Waals surface area contributed by atoms with E-state index in [-0.39, 0.29) is 0 Å². The summed E-state index contributed by atoms with van der Waals surface area (Å²) in [6.07, 6.45) is 4.07. The molecule has 30 heavy (non-hydrogen) atoms. The van der Waals surface area contributed by atoms with Crippen LogP contribution in [0.4, 0.5) is 0 Å². The molecule has 2 aromatic carbocycles. The minimum Gasteiger partial charge on any atom is -0.292 e. The normalized spacial score (nSPS) is 12.4. The Morgan fingerprint density at radius 1 is 0.867 bits per heavy atom. The minimum atomic E-state index is 0.581. The van der Waals surface area contributed by atoms with E-state index in [0.29, 0.717) is 11.8 Å². The van der Waals surface area contributed by atoms with E-state index in [1.54, 1.807) is 0 Å². The van der Waals surface area contributed by atoms with E-state index < -0.39 is 0 Å². The molecule has 0 saturated heterocycles. The number of nitrogens with zero attached hydrogens (tertiary/aromatic N) is 3. The Kier molecular flexibility index (Phi) is 4.50. The van der Waals surface area contributed by atoms with Crippen LogP contribution in [0.25, 0.3) is 38.5 Å². The lowest BCUT2D eigenvalue weighted by atomic mass is 9.92. The van der Waals surface area contributed by atoms with Crippen LogP contribution in [0.2, 0.25) is 0 Å². The molecule has 3 heterocycles. The molecule has 0 radical (unpaired) electrons. The van der Waals surface area contributed by atoms with Crippen molar-refractivity contribution in [2.45, 2.75) is 47.5 Å². The zero-order chi connectivity index (χ0) is 21.0. The highest BCUT2D eigenvalue weighted by Crippen LogP contribution is 2.36. The van der Waals surface area contributed by atoms with Crippen LogP contribution in [-0.4, -0.2) is 14.4 Å². The maximum Gasteiger partial charge on any atom is 0.148 e. The van der Waals surface area contributed by atoms with Gasteiger partial charge in [0.1, 0.15) is 5.65 Å². The predicted molar refractivity (Wildman–Crippen MR) is 127 cm³/mol. The van der Waals surface area contributed by atoms with Crippen molar-refractivity contribution in [3.05, 3.63) is 65.4 Å². The third-order valence-corrected chi connectivity index (χ3v) is 5.95. The molecule has 0 spiro atoms. The molecule has 0 atom stereocenters. The second-order valence-electron chi connectivity index (χ2n) is 9.46. The summed E-state index contributed by atoms with van der Waals surface area (Å²) in [7, 11) is 0. The molecule has 0 N–H and O–H groups in total. The van der Waals surface area contributed by atoms with Crippen LogP contribution in [0.5, 0.6) is 0 Å². The number of fused-ring (bicyclic) bond motifs is 8. The van der Waals surface area contributed by atoms with Gasteiger partial charge in [0, 0.05) is 17.0 Å². The molecule has 0 unspecified atom stereocenters. The van der Waals surface area contributed by atoms with Gasteiger partial charge in [0.2, 0.25) is 0 Å². The first kappa shape index (κ1) is 19.0.